The number of esters is 1. The molecule has 0 aliphatic carbocycles. The molecular formula is C27H21N3O9S. The lowest BCUT2D eigenvalue weighted by molar-refractivity contribution is -0.155. The topological polar surface area (TPSA) is 140 Å². The second-order valence-corrected chi connectivity index (χ2v) is 10.5. The maximum absolute atomic E-state index is 13.4. The third kappa shape index (κ3) is 3.47. The number of methoxy groups -OCH3 is 2. The van der Waals surface area contributed by atoms with E-state index in [2.05, 4.69) is 0 Å². The van der Waals surface area contributed by atoms with Crippen LogP contribution in [-0.4, -0.2) is 88.3 Å². The van der Waals surface area contributed by atoms with Crippen LogP contribution in [0.25, 0.3) is 0 Å². The minimum Gasteiger partial charge on any atom is -0.493 e. The van der Waals surface area contributed by atoms with Crippen LogP contribution in [0.2, 0.25) is 0 Å². The molecule has 1 saturated heterocycles. The summed E-state index contributed by atoms with van der Waals surface area (Å²) < 4.78 is 15.8. The molecule has 13 heteroatoms. The van der Waals surface area contributed by atoms with E-state index in [-0.39, 0.29) is 39.4 Å². The van der Waals surface area contributed by atoms with Gasteiger partial charge in [-0.25, -0.2) is 9.69 Å². The van der Waals surface area contributed by atoms with Gasteiger partial charge in [0, 0.05) is 5.75 Å². The van der Waals surface area contributed by atoms with Crippen molar-refractivity contribution < 1.29 is 43.0 Å². The Hall–Kier alpha value is -4.65. The van der Waals surface area contributed by atoms with Crippen LogP contribution in [0.15, 0.2) is 47.7 Å². The van der Waals surface area contributed by atoms with E-state index in [0.29, 0.717) is 11.3 Å². The largest absolute Gasteiger partial charge is 0.493 e. The van der Waals surface area contributed by atoms with Crippen molar-refractivity contribution in [3.05, 3.63) is 69.9 Å². The first-order valence-corrected chi connectivity index (χ1v) is 13.1. The molecule has 0 bridgehead atoms. The fourth-order valence-electron chi connectivity index (χ4n) is 5.23. The maximum atomic E-state index is 13.4. The molecule has 2 aromatic carbocycles. The minimum absolute atomic E-state index is 0.0402. The summed E-state index contributed by atoms with van der Waals surface area (Å²) in [6, 6.07) is 7.93. The number of rotatable bonds is 6. The lowest BCUT2D eigenvalue weighted by atomic mass is 10.0. The number of benzene rings is 2. The molecule has 2 atom stereocenters. The van der Waals surface area contributed by atoms with E-state index >= 15 is 0 Å². The Morgan fingerprint density at radius 3 is 1.93 bits per heavy atom. The van der Waals surface area contributed by atoms with Crippen LogP contribution in [0.3, 0.4) is 0 Å². The molecule has 5 amide bonds. The number of carbonyl (C=O) groups excluding carboxylic acids is 6. The number of hydrogen-bond acceptors (Lipinski definition) is 10. The summed E-state index contributed by atoms with van der Waals surface area (Å²) in [7, 11) is 2.80. The van der Waals surface area contributed by atoms with Gasteiger partial charge in [-0.05, 0) is 36.8 Å². The maximum Gasteiger partial charge on any atom is 0.356 e. The number of fused-ring (bicyclic) bond motifs is 3. The number of nitrogens with zero attached hydrogens (tertiary/aromatic N) is 3. The first-order valence-electron chi connectivity index (χ1n) is 12.1. The number of imide groups is 2. The Morgan fingerprint density at radius 2 is 1.40 bits per heavy atom. The van der Waals surface area contributed by atoms with E-state index in [9.17, 15) is 28.8 Å². The van der Waals surface area contributed by atoms with Crippen molar-refractivity contribution in [3.8, 4) is 11.5 Å². The van der Waals surface area contributed by atoms with Crippen molar-refractivity contribution in [1.82, 2.24) is 14.7 Å². The van der Waals surface area contributed by atoms with Crippen LogP contribution in [0.4, 0.5) is 0 Å². The number of hydrogen-bond donors (Lipinski definition) is 0. The lowest BCUT2D eigenvalue weighted by Crippen LogP contribution is -2.71. The van der Waals surface area contributed by atoms with E-state index in [1.807, 2.05) is 0 Å². The molecule has 1 unspecified atom stereocenters. The molecule has 0 spiro atoms. The summed E-state index contributed by atoms with van der Waals surface area (Å²) in [6.07, 6.45) is 0. The molecule has 0 N–H and O–H groups in total. The first kappa shape index (κ1) is 25.6. The number of amides is 5. The van der Waals surface area contributed by atoms with Crippen LogP contribution < -0.4 is 9.47 Å². The summed E-state index contributed by atoms with van der Waals surface area (Å²) in [5.41, 5.74) is 1.10. The van der Waals surface area contributed by atoms with Gasteiger partial charge >= 0.3 is 5.97 Å². The Bertz CT molecular complexity index is 1520. The highest BCUT2D eigenvalue weighted by Crippen LogP contribution is 2.45. The van der Waals surface area contributed by atoms with Gasteiger partial charge in [0.15, 0.2) is 18.2 Å². The predicted molar refractivity (Wildman–Crippen MR) is 138 cm³/mol. The molecule has 4 heterocycles. The fourth-order valence-corrected chi connectivity index (χ4v) is 6.57. The summed E-state index contributed by atoms with van der Waals surface area (Å²) in [5.74, 6) is -3.15. The van der Waals surface area contributed by atoms with Gasteiger partial charge in [-0.2, -0.15) is 0 Å². The highest BCUT2D eigenvalue weighted by Gasteiger charge is 2.60. The predicted octanol–water partition coefficient (Wildman–Crippen LogP) is 1.65. The second-order valence-electron chi connectivity index (χ2n) is 9.36. The molecule has 0 radical (unpaired) electrons. The molecule has 4 aliphatic heterocycles. The first-order chi connectivity index (χ1) is 19.2. The van der Waals surface area contributed by atoms with Crippen LogP contribution in [0, 0.1) is 0 Å². The summed E-state index contributed by atoms with van der Waals surface area (Å²) in [5, 5.41) is -0.718. The molecule has 0 aromatic heterocycles. The van der Waals surface area contributed by atoms with Crippen molar-refractivity contribution in [2.45, 2.75) is 18.3 Å². The zero-order valence-corrected chi connectivity index (χ0v) is 22.3. The van der Waals surface area contributed by atoms with Gasteiger partial charge < -0.3 is 14.2 Å². The van der Waals surface area contributed by atoms with Gasteiger partial charge in [0.25, 0.3) is 29.5 Å². The van der Waals surface area contributed by atoms with Gasteiger partial charge in [-0.1, -0.05) is 12.1 Å². The number of ether oxygens (including phenoxy) is 3. The zero-order chi connectivity index (χ0) is 28.5. The third-order valence-corrected chi connectivity index (χ3v) is 8.64. The molecule has 0 saturated carbocycles. The van der Waals surface area contributed by atoms with Crippen molar-refractivity contribution in [2.24, 2.45) is 0 Å². The van der Waals surface area contributed by atoms with Gasteiger partial charge in [-0.15, -0.1) is 11.8 Å². The van der Waals surface area contributed by atoms with Crippen molar-refractivity contribution >= 4 is 47.3 Å². The third-order valence-electron chi connectivity index (χ3n) is 7.23. The average molecular weight is 564 g/mol. The van der Waals surface area contributed by atoms with Crippen LogP contribution in [0.5, 0.6) is 11.5 Å². The fraction of sp³-hybridized carbons (Fsp3) is 0.259. The van der Waals surface area contributed by atoms with E-state index in [1.165, 1.54) is 55.1 Å². The molecule has 1 fully saturated rings. The quantitative estimate of drug-likeness (QED) is 0.290. The van der Waals surface area contributed by atoms with Gasteiger partial charge in [0.05, 0.1) is 36.5 Å². The van der Waals surface area contributed by atoms with E-state index in [4.69, 9.17) is 14.2 Å². The molecule has 6 rings (SSSR count). The monoisotopic (exact) mass is 563 g/mol. The molecular weight excluding hydrogens is 542 g/mol. The van der Waals surface area contributed by atoms with Crippen LogP contribution in [0.1, 0.15) is 48.4 Å². The molecule has 40 heavy (non-hydrogen) atoms. The van der Waals surface area contributed by atoms with Gasteiger partial charge in [-0.3, -0.25) is 33.8 Å². The number of β-lactam (4-membered cyclic amide) rings is 1. The number of carbonyl (C=O) groups is 6. The summed E-state index contributed by atoms with van der Waals surface area (Å²) in [6.45, 7) is 1.02. The standard InChI is InChI=1S/C27H21N3O9S/c1-12-10-40-26-20(29-23(33)15-8-17(37-2)18(38-3)9-16(15)24(29)34)25(35)30(26)19(12)27(36)39-11-28-21(31)13-6-4-5-7-14(13)22(28)32/h4-9,20,26H,10-11H2,1-3H3/t20?,26-/m0/s1. The zero-order valence-electron chi connectivity index (χ0n) is 21.5. The molecule has 12 nitrogen and oxygen atoms in total. The summed E-state index contributed by atoms with van der Waals surface area (Å²) >= 11 is 1.30. The average Bonchev–Trinajstić information content (AvgIpc) is 3.34. The summed E-state index contributed by atoms with van der Waals surface area (Å²) in [4.78, 5) is 81.2. The Kier molecular flexibility index (Phi) is 5.91. The van der Waals surface area contributed by atoms with E-state index in [0.717, 1.165) is 9.80 Å². The van der Waals surface area contributed by atoms with Gasteiger partial charge in [0.2, 0.25) is 0 Å². The van der Waals surface area contributed by atoms with E-state index in [1.54, 1.807) is 19.1 Å². The van der Waals surface area contributed by atoms with E-state index < -0.39 is 53.7 Å². The number of thioether (sulfide) groups is 1. The van der Waals surface area contributed by atoms with Crippen molar-refractivity contribution in [3.63, 3.8) is 0 Å². The van der Waals surface area contributed by atoms with Crippen LogP contribution in [-0.2, 0) is 14.3 Å². The normalized spacial score (nSPS) is 21.4. The Morgan fingerprint density at radius 1 is 0.850 bits per heavy atom. The molecule has 2 aromatic rings. The second kappa shape index (κ2) is 9.23. The SMILES string of the molecule is COc1cc2c(cc1OC)C(=O)N(C1C(=O)N3C(C(=O)OCN4C(=O)c5ccccc5C4=O)=C(C)CS[C@@H]13)C2=O. The Balaban J connectivity index is 1.20. The van der Waals surface area contributed by atoms with Gasteiger partial charge in [0.1, 0.15) is 17.1 Å². The highest BCUT2D eigenvalue weighted by atomic mass is 32.2. The van der Waals surface area contributed by atoms with Crippen molar-refractivity contribution in [2.75, 3.05) is 26.7 Å². The molecule has 4 aliphatic rings. The van der Waals surface area contributed by atoms with Crippen molar-refractivity contribution in [1.29, 1.82) is 0 Å². The lowest BCUT2D eigenvalue weighted by Gasteiger charge is -2.51. The van der Waals surface area contributed by atoms with Crippen LogP contribution >= 0.6 is 11.8 Å². The minimum atomic E-state index is -1.14. The Labute approximate surface area is 231 Å². The molecule has 204 valence electrons. The smallest absolute Gasteiger partial charge is 0.356 e. The highest BCUT2D eigenvalue weighted by molar-refractivity contribution is 8.00.